The molecule has 1 heterocycles. The summed E-state index contributed by atoms with van der Waals surface area (Å²) in [6.45, 7) is -0.249. The van der Waals surface area contributed by atoms with E-state index >= 15 is 0 Å². The molecule has 0 aliphatic carbocycles. The normalized spacial score (nSPS) is 10.7. The van der Waals surface area contributed by atoms with Crippen molar-refractivity contribution in [2.45, 2.75) is 0 Å². The van der Waals surface area contributed by atoms with E-state index in [0.29, 0.717) is 11.3 Å². The number of carbonyl (C=O) groups excluding carboxylic acids is 3. The fourth-order valence-corrected chi connectivity index (χ4v) is 3.74. The Morgan fingerprint density at radius 1 is 1.03 bits per heavy atom. The van der Waals surface area contributed by atoms with Gasteiger partial charge in [0.15, 0.2) is 0 Å². The van der Waals surface area contributed by atoms with Crippen LogP contribution in [0.25, 0.3) is 16.5 Å². The van der Waals surface area contributed by atoms with E-state index in [9.17, 15) is 14.4 Å². The van der Waals surface area contributed by atoms with Crippen molar-refractivity contribution < 1.29 is 14.4 Å². The topological polar surface area (TPSA) is 101 Å². The zero-order valence-corrected chi connectivity index (χ0v) is 18.1. The number of hydrogen-bond acceptors (Lipinski definition) is 4. The molecule has 30 heavy (non-hydrogen) atoms. The summed E-state index contributed by atoms with van der Waals surface area (Å²) in [6, 6.07) is 18.4. The zero-order chi connectivity index (χ0) is 21.5. The maximum Gasteiger partial charge on any atom is 0.251 e. The number of nitrogens with two attached hydrogens (primary N) is 1. The molecule has 4 N–H and O–H groups in total. The number of benzene rings is 2. The molecule has 6 nitrogen and oxygen atoms in total. The number of nitrogens with one attached hydrogen (secondary N) is 2. The van der Waals surface area contributed by atoms with Crippen molar-refractivity contribution in [1.29, 1.82) is 0 Å². The van der Waals surface area contributed by atoms with Crippen LogP contribution in [0.4, 0.5) is 5.69 Å². The lowest BCUT2D eigenvalue weighted by Gasteiger charge is -2.06. The molecule has 3 amide bonds. The number of halogens is 1. The van der Waals surface area contributed by atoms with Crippen LogP contribution < -0.4 is 16.4 Å². The smallest absolute Gasteiger partial charge is 0.251 e. The number of hydrogen-bond donors (Lipinski definition) is 3. The lowest BCUT2D eigenvalue weighted by molar-refractivity contribution is -0.117. The van der Waals surface area contributed by atoms with Crippen LogP contribution in [-0.2, 0) is 9.59 Å². The minimum atomic E-state index is -0.630. The van der Waals surface area contributed by atoms with Gasteiger partial charge in [-0.05, 0) is 54.1 Å². The van der Waals surface area contributed by atoms with Crippen LogP contribution in [0.2, 0.25) is 0 Å². The molecule has 0 saturated carbocycles. The van der Waals surface area contributed by atoms with Gasteiger partial charge in [-0.3, -0.25) is 14.4 Å². The molecule has 0 saturated heterocycles. The summed E-state index contributed by atoms with van der Waals surface area (Å²) in [7, 11) is 0. The lowest BCUT2D eigenvalue weighted by atomic mass is 10.2. The molecule has 0 unspecified atom stereocenters. The Morgan fingerprint density at radius 3 is 2.53 bits per heavy atom. The molecule has 0 radical (unpaired) electrons. The van der Waals surface area contributed by atoms with Gasteiger partial charge in [0.25, 0.3) is 5.91 Å². The second-order valence-corrected chi connectivity index (χ2v) is 8.29. The maximum atomic E-state index is 12.2. The van der Waals surface area contributed by atoms with Crippen molar-refractivity contribution in [1.82, 2.24) is 5.32 Å². The molecule has 0 atom stereocenters. The van der Waals surface area contributed by atoms with Crippen molar-refractivity contribution in [2.24, 2.45) is 5.73 Å². The first-order chi connectivity index (χ1) is 14.4. The zero-order valence-electron chi connectivity index (χ0n) is 15.7. The fraction of sp³-hybridized carbons (Fsp3) is 0.0455. The van der Waals surface area contributed by atoms with E-state index in [1.54, 1.807) is 35.6 Å². The van der Waals surface area contributed by atoms with Gasteiger partial charge in [-0.1, -0.05) is 34.1 Å². The molecule has 0 fully saturated rings. The largest absolute Gasteiger partial charge is 0.368 e. The quantitative estimate of drug-likeness (QED) is 0.441. The Labute approximate surface area is 185 Å². The van der Waals surface area contributed by atoms with Crippen LogP contribution in [0, 0.1) is 0 Å². The Hall–Kier alpha value is -3.23. The number of anilines is 1. The molecule has 0 aliphatic heterocycles. The van der Waals surface area contributed by atoms with E-state index in [1.807, 2.05) is 36.4 Å². The minimum absolute atomic E-state index is 0.249. The van der Waals surface area contributed by atoms with Gasteiger partial charge in [-0.15, -0.1) is 11.3 Å². The first-order valence-electron chi connectivity index (χ1n) is 8.92. The molecular formula is C22H18BrN3O3S. The Kier molecular flexibility index (Phi) is 7.16. The number of carbonyl (C=O) groups is 3. The summed E-state index contributed by atoms with van der Waals surface area (Å²) in [6.07, 6.45) is 3.18. The molecule has 3 rings (SSSR count). The molecule has 1 aromatic heterocycles. The van der Waals surface area contributed by atoms with Gasteiger partial charge in [0.2, 0.25) is 11.8 Å². The predicted octanol–water partition coefficient (Wildman–Crippen LogP) is 4.04. The highest BCUT2D eigenvalue weighted by atomic mass is 79.9. The van der Waals surface area contributed by atoms with Crippen LogP contribution in [0.1, 0.15) is 15.2 Å². The highest BCUT2D eigenvalue weighted by Crippen LogP contribution is 2.29. The van der Waals surface area contributed by atoms with Gasteiger partial charge < -0.3 is 16.4 Å². The average Bonchev–Trinajstić information content (AvgIpc) is 3.20. The Bertz CT molecular complexity index is 1110. The van der Waals surface area contributed by atoms with E-state index in [0.717, 1.165) is 19.8 Å². The van der Waals surface area contributed by atoms with Crippen LogP contribution in [0.3, 0.4) is 0 Å². The van der Waals surface area contributed by atoms with E-state index < -0.39 is 11.8 Å². The van der Waals surface area contributed by atoms with Gasteiger partial charge >= 0.3 is 0 Å². The molecule has 0 spiro atoms. The summed E-state index contributed by atoms with van der Waals surface area (Å²) in [5.41, 5.74) is 6.91. The molecule has 3 aromatic rings. The molecular weight excluding hydrogens is 466 g/mol. The summed E-state index contributed by atoms with van der Waals surface area (Å²) in [5.74, 6) is -1.39. The summed E-state index contributed by atoms with van der Waals surface area (Å²) >= 11 is 5.01. The van der Waals surface area contributed by atoms with Crippen molar-refractivity contribution in [3.8, 4) is 10.4 Å². The maximum absolute atomic E-state index is 12.2. The van der Waals surface area contributed by atoms with Gasteiger partial charge in [0.05, 0.1) is 6.54 Å². The molecule has 2 aromatic carbocycles. The van der Waals surface area contributed by atoms with Crippen LogP contribution in [0.5, 0.6) is 0 Å². The first kappa shape index (κ1) is 21.5. The van der Waals surface area contributed by atoms with Gasteiger partial charge in [0.1, 0.15) is 0 Å². The van der Waals surface area contributed by atoms with Crippen molar-refractivity contribution >= 4 is 56.8 Å². The van der Waals surface area contributed by atoms with Gasteiger partial charge in [0, 0.05) is 31.6 Å². The van der Waals surface area contributed by atoms with Gasteiger partial charge in [-0.2, -0.15) is 0 Å². The summed E-state index contributed by atoms with van der Waals surface area (Å²) < 4.78 is 1.02. The third-order valence-corrected chi connectivity index (χ3v) is 5.60. The Morgan fingerprint density at radius 2 is 1.80 bits per heavy atom. The standard InChI is InChI=1S/C22H18BrN3O3S/c23-16-6-4-14(5-7-16)19-10-8-18(30-19)9-11-21(28)26-17-3-1-2-15(12-17)22(29)25-13-20(24)27/h1-12H,13H2,(H2,24,27)(H,25,29)(H,26,28)/b11-9+. The summed E-state index contributed by atoms with van der Waals surface area (Å²) in [5, 5.41) is 5.12. The van der Waals surface area contributed by atoms with Crippen LogP contribution in [-0.4, -0.2) is 24.3 Å². The second kappa shape index (κ2) is 10.00. The average molecular weight is 484 g/mol. The van der Waals surface area contributed by atoms with E-state index in [1.165, 1.54) is 12.1 Å². The number of thiophene rings is 1. The highest BCUT2D eigenvalue weighted by Gasteiger charge is 2.08. The molecule has 8 heteroatoms. The Balaban J connectivity index is 1.61. The first-order valence-corrected chi connectivity index (χ1v) is 10.5. The SMILES string of the molecule is NC(=O)CNC(=O)c1cccc(NC(=O)/C=C/c2ccc(-c3ccc(Br)cc3)s2)c1. The van der Waals surface area contributed by atoms with E-state index in [2.05, 4.69) is 26.6 Å². The monoisotopic (exact) mass is 483 g/mol. The van der Waals surface area contributed by atoms with E-state index in [4.69, 9.17) is 5.73 Å². The van der Waals surface area contributed by atoms with Crippen molar-refractivity contribution in [2.75, 3.05) is 11.9 Å². The van der Waals surface area contributed by atoms with Crippen molar-refractivity contribution in [3.05, 3.63) is 81.7 Å². The number of rotatable bonds is 7. The number of primary amides is 1. The van der Waals surface area contributed by atoms with Crippen molar-refractivity contribution in [3.63, 3.8) is 0 Å². The van der Waals surface area contributed by atoms with Crippen LogP contribution in [0.15, 0.2) is 71.2 Å². The number of amides is 3. The van der Waals surface area contributed by atoms with Crippen LogP contribution >= 0.6 is 27.3 Å². The third kappa shape index (κ3) is 6.13. The lowest BCUT2D eigenvalue weighted by Crippen LogP contribution is -2.33. The molecule has 152 valence electrons. The highest BCUT2D eigenvalue weighted by molar-refractivity contribution is 9.10. The predicted molar refractivity (Wildman–Crippen MR) is 123 cm³/mol. The third-order valence-electron chi connectivity index (χ3n) is 3.97. The summed E-state index contributed by atoms with van der Waals surface area (Å²) in [4.78, 5) is 37.1. The molecule has 0 bridgehead atoms. The minimum Gasteiger partial charge on any atom is -0.368 e. The molecule has 0 aliphatic rings. The van der Waals surface area contributed by atoms with E-state index in [-0.39, 0.29) is 12.5 Å². The second-order valence-electron chi connectivity index (χ2n) is 6.26. The van der Waals surface area contributed by atoms with Gasteiger partial charge in [-0.25, -0.2) is 0 Å². The fourth-order valence-electron chi connectivity index (χ4n) is 2.56.